The number of para-hydroxylation sites is 1. The molecule has 1 saturated heterocycles. The van der Waals surface area contributed by atoms with Gasteiger partial charge in [-0.2, -0.15) is 0 Å². The molecule has 1 aliphatic heterocycles. The zero-order valence-electron chi connectivity index (χ0n) is 17.3. The van der Waals surface area contributed by atoms with Crippen molar-refractivity contribution in [3.63, 3.8) is 0 Å². The van der Waals surface area contributed by atoms with E-state index in [0.717, 1.165) is 11.3 Å². The number of aliphatic hydroxyl groups excluding tert-OH is 3. The number of carbonyl (C=O) groups excluding carboxylic acids is 1. The van der Waals surface area contributed by atoms with Crippen LogP contribution in [-0.4, -0.2) is 66.5 Å². The number of ether oxygens (including phenoxy) is 1. The lowest BCUT2D eigenvalue weighted by molar-refractivity contribution is -0.219. The van der Waals surface area contributed by atoms with E-state index in [9.17, 15) is 20.1 Å². The Hall–Kier alpha value is -2.89. The van der Waals surface area contributed by atoms with E-state index in [1.807, 2.05) is 60.7 Å². The summed E-state index contributed by atoms with van der Waals surface area (Å²) >= 11 is 5.75. The molecule has 0 saturated carbocycles. The van der Waals surface area contributed by atoms with E-state index in [1.165, 1.54) is 11.6 Å². The number of hydrogen-bond acceptors (Lipinski definition) is 7. The zero-order valence-corrected chi connectivity index (χ0v) is 18.1. The highest BCUT2D eigenvalue weighted by molar-refractivity contribution is 7.71. The summed E-state index contributed by atoms with van der Waals surface area (Å²) in [6, 6.07) is 17.8. The van der Waals surface area contributed by atoms with Crippen molar-refractivity contribution >= 4 is 18.1 Å². The lowest BCUT2D eigenvalue weighted by Crippen LogP contribution is -2.62. The molecule has 2 aromatic carbocycles. The molecule has 32 heavy (non-hydrogen) atoms. The number of aromatic nitrogens is 3. The molecule has 2 heterocycles. The van der Waals surface area contributed by atoms with Crippen LogP contribution in [0.1, 0.15) is 13.2 Å². The Morgan fingerprint density at radius 3 is 2.31 bits per heavy atom. The predicted molar refractivity (Wildman–Crippen MR) is 118 cm³/mol. The fraction of sp³-hybridized carbons (Fsp3) is 0.318. The molecule has 4 rings (SSSR count). The smallest absolute Gasteiger partial charge is 0.217 e. The highest BCUT2D eigenvalue weighted by Gasteiger charge is 2.46. The standard InChI is InChI=1S/C22H24N4O5S/c1-13(28)23-17-19(30)18(29)16(12-27)31-21(17)26-22(32)25(15-10-6-3-7-11-15)20(24-26)14-8-4-2-5-9-14/h2-11,16-19,21,27,29-30H,12H2,1H3,(H,23,28)/t16-,17-,18-,19-,21-/m0/s1. The van der Waals surface area contributed by atoms with Gasteiger partial charge in [-0.1, -0.05) is 48.5 Å². The molecule has 1 amide bonds. The third kappa shape index (κ3) is 4.10. The Bertz CT molecular complexity index is 1130. The van der Waals surface area contributed by atoms with Gasteiger partial charge in [0.2, 0.25) is 10.7 Å². The van der Waals surface area contributed by atoms with Crippen molar-refractivity contribution in [2.24, 2.45) is 0 Å². The second-order valence-electron chi connectivity index (χ2n) is 7.54. The Kier molecular flexibility index (Phi) is 6.49. The molecule has 0 radical (unpaired) electrons. The molecule has 10 heteroatoms. The largest absolute Gasteiger partial charge is 0.394 e. The fourth-order valence-electron chi connectivity index (χ4n) is 3.83. The summed E-state index contributed by atoms with van der Waals surface area (Å²) in [6.07, 6.45) is -4.94. The number of benzene rings is 2. The molecule has 1 aliphatic rings. The van der Waals surface area contributed by atoms with E-state index < -0.39 is 43.1 Å². The minimum Gasteiger partial charge on any atom is -0.394 e. The number of carbonyl (C=O) groups is 1. The molecule has 168 valence electrons. The maximum Gasteiger partial charge on any atom is 0.217 e. The van der Waals surface area contributed by atoms with Crippen LogP contribution in [0.4, 0.5) is 0 Å². The second-order valence-corrected chi connectivity index (χ2v) is 7.91. The first kappa shape index (κ1) is 22.3. The molecule has 3 aromatic rings. The Morgan fingerprint density at radius 2 is 1.72 bits per heavy atom. The van der Waals surface area contributed by atoms with E-state index in [4.69, 9.17) is 22.1 Å². The van der Waals surface area contributed by atoms with E-state index in [1.54, 1.807) is 4.57 Å². The first-order valence-electron chi connectivity index (χ1n) is 10.1. The molecule has 1 fully saturated rings. The third-order valence-corrected chi connectivity index (χ3v) is 5.73. The van der Waals surface area contributed by atoms with Crippen molar-refractivity contribution in [2.75, 3.05) is 6.61 Å². The average molecular weight is 457 g/mol. The summed E-state index contributed by atoms with van der Waals surface area (Å²) in [5.74, 6) is 0.114. The molecule has 4 N–H and O–H groups in total. The average Bonchev–Trinajstić information content (AvgIpc) is 3.15. The van der Waals surface area contributed by atoms with Crippen molar-refractivity contribution in [3.05, 3.63) is 65.4 Å². The lowest BCUT2D eigenvalue weighted by atomic mass is 9.96. The molecule has 0 aliphatic carbocycles. The molecule has 5 atom stereocenters. The minimum absolute atomic E-state index is 0.260. The molecular formula is C22H24N4O5S. The predicted octanol–water partition coefficient (Wildman–Crippen LogP) is 1.19. The summed E-state index contributed by atoms with van der Waals surface area (Å²) in [4.78, 5) is 11.8. The molecule has 0 bridgehead atoms. The van der Waals surface area contributed by atoms with Gasteiger partial charge in [0.1, 0.15) is 24.4 Å². The molecular weight excluding hydrogens is 432 g/mol. The number of aliphatic hydroxyl groups is 3. The Morgan fingerprint density at radius 1 is 1.09 bits per heavy atom. The minimum atomic E-state index is -1.40. The van der Waals surface area contributed by atoms with Crippen LogP contribution in [0.3, 0.4) is 0 Å². The van der Waals surface area contributed by atoms with Gasteiger partial charge in [-0.25, -0.2) is 4.68 Å². The van der Waals surface area contributed by atoms with E-state index >= 15 is 0 Å². The Balaban J connectivity index is 1.89. The maximum atomic E-state index is 11.8. The first-order valence-corrected chi connectivity index (χ1v) is 10.5. The third-order valence-electron chi connectivity index (χ3n) is 5.36. The zero-order chi connectivity index (χ0) is 22.8. The number of rotatable bonds is 5. The van der Waals surface area contributed by atoms with Crippen LogP contribution < -0.4 is 5.32 Å². The lowest BCUT2D eigenvalue weighted by Gasteiger charge is -2.42. The monoisotopic (exact) mass is 456 g/mol. The summed E-state index contributed by atoms with van der Waals surface area (Å²) in [5, 5.41) is 38.0. The highest BCUT2D eigenvalue weighted by Crippen LogP contribution is 2.31. The van der Waals surface area contributed by atoms with Gasteiger partial charge in [-0.05, 0) is 24.4 Å². The number of amides is 1. The normalized spacial score (nSPS) is 25.4. The number of nitrogens with zero attached hydrogens (tertiary/aromatic N) is 3. The van der Waals surface area contributed by atoms with Crippen LogP contribution >= 0.6 is 12.2 Å². The second kappa shape index (κ2) is 9.31. The van der Waals surface area contributed by atoms with Crippen LogP contribution in [0.25, 0.3) is 17.1 Å². The van der Waals surface area contributed by atoms with Gasteiger partial charge in [-0.15, -0.1) is 5.10 Å². The summed E-state index contributed by atoms with van der Waals surface area (Å²) < 4.78 is 9.30. The number of nitrogens with one attached hydrogen (secondary N) is 1. The van der Waals surface area contributed by atoms with Gasteiger partial charge in [-0.3, -0.25) is 9.36 Å². The molecule has 0 unspecified atom stereocenters. The van der Waals surface area contributed by atoms with Gasteiger partial charge >= 0.3 is 0 Å². The molecule has 1 aromatic heterocycles. The van der Waals surface area contributed by atoms with E-state index in [0.29, 0.717) is 5.82 Å². The number of hydrogen-bond donors (Lipinski definition) is 4. The van der Waals surface area contributed by atoms with Gasteiger partial charge < -0.3 is 25.4 Å². The van der Waals surface area contributed by atoms with Crippen molar-refractivity contribution in [1.29, 1.82) is 0 Å². The Labute approximate surface area is 189 Å². The van der Waals surface area contributed by atoms with Crippen LogP contribution in [0.15, 0.2) is 60.7 Å². The van der Waals surface area contributed by atoms with E-state index in [2.05, 4.69) is 5.32 Å². The van der Waals surface area contributed by atoms with Crippen LogP contribution in [0, 0.1) is 4.77 Å². The SMILES string of the molecule is CC(=O)N[C@H]1[C@H](O)[C@@H](O)[C@H](CO)O[C@@H]1n1nc(-c2ccccc2)n(-c2ccccc2)c1=S. The van der Waals surface area contributed by atoms with Crippen molar-refractivity contribution < 1.29 is 24.9 Å². The van der Waals surface area contributed by atoms with Gasteiger partial charge in [0, 0.05) is 18.2 Å². The van der Waals surface area contributed by atoms with Gasteiger partial charge in [0.15, 0.2) is 12.1 Å². The molecule has 9 nitrogen and oxygen atoms in total. The van der Waals surface area contributed by atoms with Crippen LogP contribution in [0.5, 0.6) is 0 Å². The summed E-state index contributed by atoms with van der Waals surface area (Å²) in [7, 11) is 0. The van der Waals surface area contributed by atoms with Crippen molar-refractivity contribution in [2.45, 2.75) is 37.5 Å². The molecule has 0 spiro atoms. The fourth-order valence-corrected chi connectivity index (χ4v) is 4.17. The quantitative estimate of drug-likeness (QED) is 0.426. The summed E-state index contributed by atoms with van der Waals surface area (Å²) in [6.45, 7) is 0.769. The van der Waals surface area contributed by atoms with Gasteiger partial charge in [0.05, 0.1) is 6.61 Å². The van der Waals surface area contributed by atoms with Crippen molar-refractivity contribution in [1.82, 2.24) is 19.7 Å². The van der Waals surface area contributed by atoms with Crippen molar-refractivity contribution in [3.8, 4) is 17.1 Å². The van der Waals surface area contributed by atoms with Crippen LogP contribution in [-0.2, 0) is 9.53 Å². The van der Waals surface area contributed by atoms with Gasteiger partial charge in [0.25, 0.3) is 0 Å². The van der Waals surface area contributed by atoms with E-state index in [-0.39, 0.29) is 4.77 Å². The topological polar surface area (TPSA) is 122 Å². The first-order chi connectivity index (χ1) is 15.4. The summed E-state index contributed by atoms with van der Waals surface area (Å²) in [5.41, 5.74) is 1.57. The highest BCUT2D eigenvalue weighted by atomic mass is 32.1. The maximum absolute atomic E-state index is 11.8. The van der Waals surface area contributed by atoms with Crippen LogP contribution in [0.2, 0.25) is 0 Å².